The number of nitrogens with zero attached hydrogens (tertiary/aromatic N) is 3. The summed E-state index contributed by atoms with van der Waals surface area (Å²) in [5.74, 6) is -0.371. The van der Waals surface area contributed by atoms with E-state index in [2.05, 4.69) is 20.9 Å². The van der Waals surface area contributed by atoms with Gasteiger partial charge in [0.05, 0.1) is 5.52 Å². The van der Waals surface area contributed by atoms with Crippen molar-refractivity contribution >= 4 is 34.2 Å². The van der Waals surface area contributed by atoms with E-state index in [9.17, 15) is 9.59 Å². The van der Waals surface area contributed by atoms with Crippen LogP contribution >= 0.6 is 0 Å². The van der Waals surface area contributed by atoms with Crippen molar-refractivity contribution in [2.24, 2.45) is 7.05 Å². The fourth-order valence-electron chi connectivity index (χ4n) is 2.23. The number of nitrogens with one attached hydrogen (secondary N) is 2. The van der Waals surface area contributed by atoms with Crippen molar-refractivity contribution in [2.75, 3.05) is 10.6 Å². The summed E-state index contributed by atoms with van der Waals surface area (Å²) in [6.45, 7) is 1.44. The van der Waals surface area contributed by atoms with Gasteiger partial charge in [-0.3, -0.25) is 9.59 Å². The first kappa shape index (κ1) is 14.7. The predicted octanol–water partition coefficient (Wildman–Crippen LogP) is 2.18. The van der Waals surface area contributed by atoms with Crippen LogP contribution in [0.25, 0.3) is 11.0 Å². The van der Waals surface area contributed by atoms with Crippen molar-refractivity contribution in [3.63, 3.8) is 0 Å². The fraction of sp³-hybridized carbons (Fsp3) is 0.125. The van der Waals surface area contributed by atoms with Gasteiger partial charge in [0.25, 0.3) is 5.91 Å². The van der Waals surface area contributed by atoms with Crippen molar-refractivity contribution in [2.45, 2.75) is 6.92 Å². The van der Waals surface area contributed by atoms with Gasteiger partial charge >= 0.3 is 0 Å². The molecule has 2 N–H and O–H groups in total. The Morgan fingerprint density at radius 2 is 1.65 bits per heavy atom. The van der Waals surface area contributed by atoms with E-state index in [1.165, 1.54) is 6.92 Å². The number of carbonyl (C=O) groups is 2. The molecule has 0 unspecified atom stereocenters. The van der Waals surface area contributed by atoms with Gasteiger partial charge in [0, 0.05) is 30.9 Å². The molecule has 0 radical (unpaired) electrons. The van der Waals surface area contributed by atoms with Crippen molar-refractivity contribution in [1.82, 2.24) is 15.0 Å². The molecule has 0 spiro atoms. The lowest BCUT2D eigenvalue weighted by atomic mass is 10.2. The second kappa shape index (κ2) is 5.88. The highest BCUT2D eigenvalue weighted by molar-refractivity contribution is 6.06. The van der Waals surface area contributed by atoms with E-state index in [-0.39, 0.29) is 11.8 Å². The third-order valence-corrected chi connectivity index (χ3v) is 3.34. The average Bonchev–Trinajstić information content (AvgIpc) is 2.89. The molecule has 0 saturated heterocycles. The summed E-state index contributed by atoms with van der Waals surface area (Å²) in [7, 11) is 1.80. The number of rotatable bonds is 3. The van der Waals surface area contributed by atoms with Crippen LogP contribution in [0.3, 0.4) is 0 Å². The van der Waals surface area contributed by atoms with Crippen LogP contribution in [0.4, 0.5) is 11.4 Å². The maximum absolute atomic E-state index is 12.3. The van der Waals surface area contributed by atoms with Gasteiger partial charge in [-0.15, -0.1) is 5.10 Å². The van der Waals surface area contributed by atoms with Crippen molar-refractivity contribution in [1.29, 1.82) is 0 Å². The van der Waals surface area contributed by atoms with E-state index < -0.39 is 0 Å². The van der Waals surface area contributed by atoms with Crippen LogP contribution in [0, 0.1) is 0 Å². The molecular weight excluding hydrogens is 294 g/mol. The summed E-state index contributed by atoms with van der Waals surface area (Å²) in [5, 5.41) is 13.4. The molecule has 7 nitrogen and oxygen atoms in total. The fourth-order valence-corrected chi connectivity index (χ4v) is 2.23. The number of hydrogen-bond acceptors (Lipinski definition) is 4. The summed E-state index contributed by atoms with van der Waals surface area (Å²) in [6.07, 6.45) is 0. The van der Waals surface area contributed by atoms with Gasteiger partial charge in [-0.25, -0.2) is 4.68 Å². The van der Waals surface area contributed by atoms with Gasteiger partial charge in [0.2, 0.25) is 5.91 Å². The average molecular weight is 309 g/mol. The number of amides is 2. The Labute approximate surface area is 132 Å². The van der Waals surface area contributed by atoms with Crippen molar-refractivity contribution < 1.29 is 9.59 Å². The van der Waals surface area contributed by atoms with Crippen LogP contribution in [-0.4, -0.2) is 26.8 Å². The number of benzene rings is 2. The Hall–Kier alpha value is -3.22. The van der Waals surface area contributed by atoms with Crippen LogP contribution in [-0.2, 0) is 11.8 Å². The van der Waals surface area contributed by atoms with Gasteiger partial charge in [0.15, 0.2) is 0 Å². The highest BCUT2D eigenvalue weighted by Gasteiger charge is 2.09. The summed E-state index contributed by atoms with van der Waals surface area (Å²) in [6, 6.07) is 12.1. The molecule has 0 aliphatic heterocycles. The van der Waals surface area contributed by atoms with Crippen LogP contribution < -0.4 is 10.6 Å². The normalized spacial score (nSPS) is 10.5. The molecule has 1 aromatic heterocycles. The summed E-state index contributed by atoms with van der Waals surface area (Å²) in [5.41, 5.74) is 3.35. The maximum atomic E-state index is 12.3. The molecule has 23 heavy (non-hydrogen) atoms. The number of aryl methyl sites for hydroxylation is 1. The molecule has 0 bridgehead atoms. The second-order valence-corrected chi connectivity index (χ2v) is 5.13. The van der Waals surface area contributed by atoms with E-state index in [1.807, 2.05) is 6.07 Å². The Morgan fingerprint density at radius 1 is 1.00 bits per heavy atom. The number of fused-ring (bicyclic) bond motifs is 1. The van der Waals surface area contributed by atoms with Crippen molar-refractivity contribution in [3.8, 4) is 0 Å². The van der Waals surface area contributed by atoms with Crippen LogP contribution in [0.2, 0.25) is 0 Å². The van der Waals surface area contributed by atoms with Crippen LogP contribution in [0.5, 0.6) is 0 Å². The summed E-state index contributed by atoms with van der Waals surface area (Å²) in [4.78, 5) is 23.3. The van der Waals surface area contributed by atoms with Crippen molar-refractivity contribution in [3.05, 3.63) is 48.0 Å². The largest absolute Gasteiger partial charge is 0.326 e. The lowest BCUT2D eigenvalue weighted by molar-refractivity contribution is -0.114. The number of carbonyl (C=O) groups excluding carboxylic acids is 2. The minimum atomic E-state index is -0.232. The number of aromatic nitrogens is 3. The van der Waals surface area contributed by atoms with E-state index >= 15 is 0 Å². The molecular formula is C16H15N5O2. The molecule has 2 amide bonds. The van der Waals surface area contributed by atoms with Crippen LogP contribution in [0.15, 0.2) is 42.5 Å². The third kappa shape index (κ3) is 3.18. The quantitative estimate of drug-likeness (QED) is 0.776. The Balaban J connectivity index is 1.75. The van der Waals surface area contributed by atoms with Gasteiger partial charge in [-0.05, 0) is 42.5 Å². The third-order valence-electron chi connectivity index (χ3n) is 3.34. The van der Waals surface area contributed by atoms with E-state index in [0.29, 0.717) is 22.5 Å². The zero-order chi connectivity index (χ0) is 16.4. The van der Waals surface area contributed by atoms with Gasteiger partial charge in [0.1, 0.15) is 5.52 Å². The standard InChI is InChI=1S/C16H15N5O2/c1-10(22)17-12-4-6-13(7-5-12)18-16(23)11-3-8-15-14(9-11)19-20-21(15)2/h3-9H,1-2H3,(H,17,22)(H,18,23). The van der Waals surface area contributed by atoms with Gasteiger partial charge in [-0.2, -0.15) is 0 Å². The molecule has 2 aromatic carbocycles. The highest BCUT2D eigenvalue weighted by Crippen LogP contribution is 2.16. The highest BCUT2D eigenvalue weighted by atomic mass is 16.2. The molecule has 0 aliphatic carbocycles. The first-order chi connectivity index (χ1) is 11.0. The van der Waals surface area contributed by atoms with E-state index in [0.717, 1.165) is 5.52 Å². The van der Waals surface area contributed by atoms with Gasteiger partial charge < -0.3 is 10.6 Å². The minimum Gasteiger partial charge on any atom is -0.326 e. The predicted molar refractivity (Wildman–Crippen MR) is 87.2 cm³/mol. The molecule has 0 atom stereocenters. The monoisotopic (exact) mass is 309 g/mol. The number of anilines is 2. The molecule has 3 aromatic rings. The Morgan fingerprint density at radius 3 is 2.30 bits per heavy atom. The summed E-state index contributed by atoms with van der Waals surface area (Å²) >= 11 is 0. The minimum absolute atomic E-state index is 0.140. The number of hydrogen-bond donors (Lipinski definition) is 2. The lowest BCUT2D eigenvalue weighted by Gasteiger charge is -2.07. The van der Waals surface area contributed by atoms with E-state index in [4.69, 9.17) is 0 Å². The molecule has 0 saturated carbocycles. The van der Waals surface area contributed by atoms with Gasteiger partial charge in [-0.1, -0.05) is 5.21 Å². The smallest absolute Gasteiger partial charge is 0.255 e. The zero-order valence-electron chi connectivity index (χ0n) is 12.7. The molecule has 3 rings (SSSR count). The lowest BCUT2D eigenvalue weighted by Crippen LogP contribution is -2.12. The zero-order valence-corrected chi connectivity index (χ0v) is 12.7. The molecule has 116 valence electrons. The molecule has 7 heteroatoms. The maximum Gasteiger partial charge on any atom is 0.255 e. The SMILES string of the molecule is CC(=O)Nc1ccc(NC(=O)c2ccc3c(c2)nnn3C)cc1. The Bertz CT molecular complexity index is 883. The van der Waals surface area contributed by atoms with Crippen LogP contribution in [0.1, 0.15) is 17.3 Å². The van der Waals surface area contributed by atoms with E-state index in [1.54, 1.807) is 48.1 Å². The molecule has 1 heterocycles. The molecule has 0 aliphatic rings. The molecule has 0 fully saturated rings. The first-order valence-corrected chi connectivity index (χ1v) is 7.01. The summed E-state index contributed by atoms with van der Waals surface area (Å²) < 4.78 is 1.65. The first-order valence-electron chi connectivity index (χ1n) is 7.01. The topological polar surface area (TPSA) is 88.9 Å². The second-order valence-electron chi connectivity index (χ2n) is 5.13. The Kier molecular flexibility index (Phi) is 3.76.